The molecule has 1 fully saturated rings. The van der Waals surface area contributed by atoms with Crippen molar-refractivity contribution in [1.29, 1.82) is 0 Å². The van der Waals surface area contributed by atoms with Crippen LogP contribution >= 0.6 is 0 Å². The Kier molecular flexibility index (Phi) is 5.17. The van der Waals surface area contributed by atoms with Gasteiger partial charge in [0.2, 0.25) is 0 Å². The van der Waals surface area contributed by atoms with Gasteiger partial charge in [0.15, 0.2) is 5.78 Å². The van der Waals surface area contributed by atoms with Crippen molar-refractivity contribution in [3.8, 4) is 0 Å². The molecular formula is C25H24O2. The molecule has 2 nitrogen and oxygen atoms in total. The lowest BCUT2D eigenvalue weighted by molar-refractivity contribution is 0.0904. The molecular weight excluding hydrogens is 332 g/mol. The molecule has 4 rings (SSSR count). The third-order valence-corrected chi connectivity index (χ3v) is 5.62. The fraction of sp³-hybridized carbons (Fsp3) is 0.240. The van der Waals surface area contributed by atoms with Crippen molar-refractivity contribution in [3.05, 3.63) is 96.1 Å². The van der Waals surface area contributed by atoms with Crippen LogP contribution in [0.4, 0.5) is 0 Å². The summed E-state index contributed by atoms with van der Waals surface area (Å²) < 4.78 is 0. The molecule has 1 saturated carbocycles. The molecule has 1 unspecified atom stereocenters. The summed E-state index contributed by atoms with van der Waals surface area (Å²) >= 11 is 0. The number of allylic oxidation sites excluding steroid dienone is 1. The van der Waals surface area contributed by atoms with Crippen molar-refractivity contribution >= 4 is 16.6 Å². The zero-order chi connectivity index (χ0) is 18.6. The van der Waals surface area contributed by atoms with Crippen LogP contribution in [0.25, 0.3) is 10.8 Å². The lowest BCUT2D eigenvalue weighted by Crippen LogP contribution is -2.18. The number of benzene rings is 3. The van der Waals surface area contributed by atoms with E-state index in [2.05, 4.69) is 6.07 Å². The van der Waals surface area contributed by atoms with Crippen molar-refractivity contribution in [3.63, 3.8) is 0 Å². The Hall–Kier alpha value is -2.71. The minimum Gasteiger partial charge on any atom is -0.384 e. The van der Waals surface area contributed by atoms with Gasteiger partial charge in [-0.1, -0.05) is 85.3 Å². The monoisotopic (exact) mass is 356 g/mol. The van der Waals surface area contributed by atoms with Gasteiger partial charge in [0.25, 0.3) is 0 Å². The first kappa shape index (κ1) is 17.7. The predicted molar refractivity (Wildman–Crippen MR) is 110 cm³/mol. The van der Waals surface area contributed by atoms with Crippen LogP contribution in [0.1, 0.15) is 41.3 Å². The van der Waals surface area contributed by atoms with Crippen LogP contribution in [0.2, 0.25) is 0 Å². The minimum atomic E-state index is -0.622. The maximum Gasteiger partial charge on any atom is 0.166 e. The molecule has 3 atom stereocenters. The summed E-state index contributed by atoms with van der Waals surface area (Å²) in [6.45, 7) is 0. The van der Waals surface area contributed by atoms with Gasteiger partial charge in [-0.15, -0.1) is 0 Å². The number of carbonyl (C=O) groups excluding carboxylic acids is 1. The second-order valence-electron chi connectivity index (χ2n) is 7.37. The van der Waals surface area contributed by atoms with Crippen molar-refractivity contribution in [1.82, 2.24) is 0 Å². The molecule has 0 bridgehead atoms. The largest absolute Gasteiger partial charge is 0.384 e. The van der Waals surface area contributed by atoms with Gasteiger partial charge in [-0.25, -0.2) is 0 Å². The van der Waals surface area contributed by atoms with Gasteiger partial charge in [0.1, 0.15) is 0 Å². The molecule has 0 saturated heterocycles. The van der Waals surface area contributed by atoms with Gasteiger partial charge in [-0.2, -0.15) is 0 Å². The first-order valence-corrected chi connectivity index (χ1v) is 9.67. The third kappa shape index (κ3) is 3.86. The number of hydrogen-bond donors (Lipinski definition) is 1. The first-order valence-electron chi connectivity index (χ1n) is 9.67. The van der Waals surface area contributed by atoms with Crippen LogP contribution in [-0.2, 0) is 0 Å². The van der Waals surface area contributed by atoms with Crippen LogP contribution in [-0.4, -0.2) is 10.9 Å². The molecule has 0 aliphatic heterocycles. The zero-order valence-electron chi connectivity index (χ0n) is 15.3. The maximum atomic E-state index is 13.1. The van der Waals surface area contributed by atoms with Crippen molar-refractivity contribution in [2.24, 2.45) is 11.8 Å². The van der Waals surface area contributed by atoms with Crippen LogP contribution in [0.5, 0.6) is 0 Å². The van der Waals surface area contributed by atoms with Crippen LogP contribution in [0.3, 0.4) is 0 Å². The SMILES string of the molecule is O=C(c1ccc2ccccc2c1)[C@H]1CCC[C@@H]1/C=C/C(O)c1ccccc1. The summed E-state index contributed by atoms with van der Waals surface area (Å²) in [7, 11) is 0. The topological polar surface area (TPSA) is 37.3 Å². The highest BCUT2D eigenvalue weighted by atomic mass is 16.3. The molecule has 2 heteroatoms. The van der Waals surface area contributed by atoms with Gasteiger partial charge in [-0.3, -0.25) is 4.79 Å². The fourth-order valence-corrected chi connectivity index (χ4v) is 4.11. The van der Waals surface area contributed by atoms with E-state index in [1.54, 1.807) is 0 Å². The van der Waals surface area contributed by atoms with Crippen LogP contribution in [0, 0.1) is 11.8 Å². The van der Waals surface area contributed by atoms with Crippen molar-refractivity contribution in [2.45, 2.75) is 25.4 Å². The highest BCUT2D eigenvalue weighted by Gasteiger charge is 2.32. The molecule has 0 aromatic heterocycles. The Bertz CT molecular complexity index is 958. The second kappa shape index (κ2) is 7.89. The van der Waals surface area contributed by atoms with E-state index in [1.807, 2.05) is 78.9 Å². The minimum absolute atomic E-state index is 0.00499. The summed E-state index contributed by atoms with van der Waals surface area (Å²) in [6.07, 6.45) is 6.24. The standard InChI is InChI=1S/C25H24O2/c26-24(20-8-2-1-3-9-20)16-15-19-11-6-12-23(19)25(27)22-14-13-18-7-4-5-10-21(18)17-22/h1-5,7-10,13-17,19,23-24,26H,6,11-12H2/b16-15+/t19-,23+,24?/m1/s1. The number of Topliss-reactive ketones (excluding diaryl/α,β-unsaturated/α-hetero) is 1. The molecule has 0 heterocycles. The van der Waals surface area contributed by atoms with E-state index in [9.17, 15) is 9.90 Å². The molecule has 3 aromatic carbocycles. The average molecular weight is 356 g/mol. The number of hydrogen-bond acceptors (Lipinski definition) is 2. The molecule has 0 radical (unpaired) electrons. The Labute approximate surface area is 160 Å². The Morgan fingerprint density at radius 2 is 1.67 bits per heavy atom. The van der Waals surface area contributed by atoms with Crippen LogP contribution < -0.4 is 0 Å². The summed E-state index contributed by atoms with van der Waals surface area (Å²) in [5, 5.41) is 12.6. The van der Waals surface area contributed by atoms with Gasteiger partial charge < -0.3 is 5.11 Å². The average Bonchev–Trinajstić information content (AvgIpc) is 3.20. The van der Waals surface area contributed by atoms with E-state index in [1.165, 1.54) is 0 Å². The number of rotatable bonds is 5. The summed E-state index contributed by atoms with van der Waals surface area (Å²) in [6, 6.07) is 23.7. The molecule has 27 heavy (non-hydrogen) atoms. The molecule has 136 valence electrons. The first-order chi connectivity index (χ1) is 13.2. The van der Waals surface area contributed by atoms with E-state index in [0.29, 0.717) is 0 Å². The number of ketones is 1. The lowest BCUT2D eigenvalue weighted by atomic mass is 9.87. The Morgan fingerprint density at radius 3 is 2.48 bits per heavy atom. The van der Waals surface area contributed by atoms with Gasteiger partial charge in [-0.05, 0) is 41.2 Å². The predicted octanol–water partition coefficient (Wildman–Crippen LogP) is 5.73. The van der Waals surface area contributed by atoms with E-state index in [4.69, 9.17) is 0 Å². The fourth-order valence-electron chi connectivity index (χ4n) is 4.11. The normalized spacial score (nSPS) is 20.9. The number of aliphatic hydroxyl groups is 1. The van der Waals surface area contributed by atoms with Gasteiger partial charge in [0.05, 0.1) is 6.10 Å². The molecule has 1 aliphatic rings. The second-order valence-corrected chi connectivity index (χ2v) is 7.37. The van der Waals surface area contributed by atoms with Gasteiger partial charge in [0, 0.05) is 11.5 Å². The molecule has 1 aliphatic carbocycles. The lowest BCUT2D eigenvalue weighted by Gasteiger charge is -2.16. The van der Waals surface area contributed by atoms with Crippen LogP contribution in [0.15, 0.2) is 84.9 Å². The number of aliphatic hydroxyl groups excluding tert-OH is 1. The number of carbonyl (C=O) groups is 1. The highest BCUT2D eigenvalue weighted by molar-refractivity contribution is 6.01. The van der Waals surface area contributed by atoms with E-state index in [0.717, 1.165) is 41.2 Å². The summed E-state index contributed by atoms with van der Waals surface area (Å²) in [5.74, 6) is 0.426. The summed E-state index contributed by atoms with van der Waals surface area (Å²) in [4.78, 5) is 13.1. The maximum absolute atomic E-state index is 13.1. The van der Waals surface area contributed by atoms with Crippen molar-refractivity contribution in [2.75, 3.05) is 0 Å². The Balaban J connectivity index is 1.51. The highest BCUT2D eigenvalue weighted by Crippen LogP contribution is 2.36. The third-order valence-electron chi connectivity index (χ3n) is 5.62. The number of fused-ring (bicyclic) bond motifs is 1. The molecule has 1 N–H and O–H groups in total. The van der Waals surface area contributed by atoms with E-state index in [-0.39, 0.29) is 17.6 Å². The molecule has 3 aromatic rings. The summed E-state index contributed by atoms with van der Waals surface area (Å²) in [5.41, 5.74) is 1.67. The van der Waals surface area contributed by atoms with E-state index < -0.39 is 6.10 Å². The smallest absolute Gasteiger partial charge is 0.166 e. The van der Waals surface area contributed by atoms with E-state index >= 15 is 0 Å². The quantitative estimate of drug-likeness (QED) is 0.468. The molecule has 0 spiro atoms. The zero-order valence-corrected chi connectivity index (χ0v) is 15.3. The van der Waals surface area contributed by atoms with Crippen molar-refractivity contribution < 1.29 is 9.90 Å². The van der Waals surface area contributed by atoms with Gasteiger partial charge >= 0.3 is 0 Å². The molecule has 0 amide bonds. The Morgan fingerprint density at radius 1 is 0.926 bits per heavy atom.